The van der Waals surface area contributed by atoms with Crippen LogP contribution in [-0.4, -0.2) is 34.5 Å². The molecule has 0 saturated heterocycles. The number of hydrogen-bond acceptors (Lipinski definition) is 2. The molecule has 1 atom stereocenters. The lowest BCUT2D eigenvalue weighted by Crippen LogP contribution is -2.44. The zero-order valence-corrected chi connectivity index (χ0v) is 9.99. The second-order valence-corrected chi connectivity index (χ2v) is 4.04. The van der Waals surface area contributed by atoms with E-state index >= 15 is 0 Å². The van der Waals surface area contributed by atoms with Crippen molar-refractivity contribution in [2.24, 2.45) is 5.92 Å². The van der Waals surface area contributed by atoms with Crippen LogP contribution in [0.15, 0.2) is 0 Å². The standard InChI is InChI=1S/C11H21NO3/c1-5-9(11(14)15)12(6-2)10(13)7-8(3)4/h8-9H,5-7H2,1-4H3,(H,14,15). The van der Waals surface area contributed by atoms with Gasteiger partial charge in [0.25, 0.3) is 0 Å². The van der Waals surface area contributed by atoms with Crippen LogP contribution in [0, 0.1) is 5.92 Å². The maximum Gasteiger partial charge on any atom is 0.326 e. The molecule has 1 unspecified atom stereocenters. The Bertz CT molecular complexity index is 226. The van der Waals surface area contributed by atoms with Gasteiger partial charge >= 0.3 is 5.97 Å². The maximum atomic E-state index is 11.8. The molecule has 0 saturated carbocycles. The summed E-state index contributed by atoms with van der Waals surface area (Å²) in [6, 6.07) is -0.679. The molecule has 0 radical (unpaired) electrons. The van der Waals surface area contributed by atoms with E-state index in [-0.39, 0.29) is 11.8 Å². The summed E-state index contributed by atoms with van der Waals surface area (Å²) in [6.45, 7) is 7.95. The third-order valence-electron chi connectivity index (χ3n) is 2.29. The molecular weight excluding hydrogens is 194 g/mol. The fraction of sp³-hybridized carbons (Fsp3) is 0.818. The third kappa shape index (κ3) is 4.32. The zero-order chi connectivity index (χ0) is 12.0. The number of rotatable bonds is 6. The van der Waals surface area contributed by atoms with Gasteiger partial charge in [-0.1, -0.05) is 20.8 Å². The Morgan fingerprint density at radius 2 is 1.80 bits per heavy atom. The molecule has 0 fully saturated rings. The van der Waals surface area contributed by atoms with E-state index < -0.39 is 12.0 Å². The second-order valence-electron chi connectivity index (χ2n) is 4.04. The van der Waals surface area contributed by atoms with Crippen LogP contribution in [-0.2, 0) is 9.59 Å². The molecule has 88 valence electrons. The summed E-state index contributed by atoms with van der Waals surface area (Å²) in [6.07, 6.45) is 0.866. The van der Waals surface area contributed by atoms with Crippen molar-refractivity contribution < 1.29 is 14.7 Å². The summed E-state index contributed by atoms with van der Waals surface area (Å²) in [5.41, 5.74) is 0. The lowest BCUT2D eigenvalue weighted by molar-refractivity contribution is -0.150. The van der Waals surface area contributed by atoms with E-state index in [9.17, 15) is 9.59 Å². The van der Waals surface area contributed by atoms with Crippen LogP contribution in [0.1, 0.15) is 40.5 Å². The van der Waals surface area contributed by atoms with Crippen molar-refractivity contribution in [1.82, 2.24) is 4.90 Å². The van der Waals surface area contributed by atoms with Crippen molar-refractivity contribution in [2.45, 2.75) is 46.6 Å². The summed E-state index contributed by atoms with van der Waals surface area (Å²) in [7, 11) is 0. The summed E-state index contributed by atoms with van der Waals surface area (Å²) in [5, 5.41) is 8.96. The average molecular weight is 215 g/mol. The molecule has 4 nitrogen and oxygen atoms in total. The number of carboxylic acid groups (broad SMARTS) is 1. The van der Waals surface area contributed by atoms with E-state index in [0.717, 1.165) is 0 Å². The Balaban J connectivity index is 4.58. The van der Waals surface area contributed by atoms with Crippen molar-refractivity contribution in [2.75, 3.05) is 6.54 Å². The Kier molecular flexibility index (Phi) is 5.97. The second kappa shape index (κ2) is 6.43. The van der Waals surface area contributed by atoms with Gasteiger partial charge in [-0.25, -0.2) is 4.79 Å². The number of carbonyl (C=O) groups excluding carboxylic acids is 1. The predicted octanol–water partition coefficient (Wildman–Crippen LogP) is 1.74. The van der Waals surface area contributed by atoms with Crippen LogP contribution in [0.3, 0.4) is 0 Å². The topological polar surface area (TPSA) is 57.6 Å². The molecule has 0 aromatic heterocycles. The highest BCUT2D eigenvalue weighted by atomic mass is 16.4. The van der Waals surface area contributed by atoms with Gasteiger partial charge in [0.1, 0.15) is 6.04 Å². The maximum absolute atomic E-state index is 11.8. The van der Waals surface area contributed by atoms with Gasteiger partial charge in [-0.15, -0.1) is 0 Å². The van der Waals surface area contributed by atoms with Crippen molar-refractivity contribution in [3.8, 4) is 0 Å². The average Bonchev–Trinajstić information content (AvgIpc) is 2.11. The van der Waals surface area contributed by atoms with Crippen molar-refractivity contribution in [3.05, 3.63) is 0 Å². The highest BCUT2D eigenvalue weighted by molar-refractivity contribution is 5.83. The molecule has 0 spiro atoms. The first-order valence-corrected chi connectivity index (χ1v) is 5.46. The van der Waals surface area contributed by atoms with E-state index in [4.69, 9.17) is 5.11 Å². The Hall–Kier alpha value is -1.06. The fourth-order valence-electron chi connectivity index (χ4n) is 1.57. The molecule has 0 aliphatic carbocycles. The van der Waals surface area contributed by atoms with Gasteiger partial charge in [-0.05, 0) is 19.3 Å². The van der Waals surface area contributed by atoms with Gasteiger partial charge in [0, 0.05) is 13.0 Å². The number of carboxylic acids is 1. The van der Waals surface area contributed by atoms with Gasteiger partial charge in [-0.2, -0.15) is 0 Å². The van der Waals surface area contributed by atoms with E-state index in [1.807, 2.05) is 20.8 Å². The first-order valence-electron chi connectivity index (χ1n) is 5.46. The quantitative estimate of drug-likeness (QED) is 0.734. The highest BCUT2D eigenvalue weighted by Crippen LogP contribution is 2.10. The molecule has 0 heterocycles. The molecular formula is C11H21NO3. The van der Waals surface area contributed by atoms with Crippen molar-refractivity contribution in [1.29, 1.82) is 0 Å². The molecule has 0 aromatic carbocycles. The van der Waals surface area contributed by atoms with Crippen LogP contribution < -0.4 is 0 Å². The molecule has 1 N–H and O–H groups in total. The molecule has 4 heteroatoms. The van der Waals surface area contributed by atoms with Crippen LogP contribution in [0.4, 0.5) is 0 Å². The molecule has 15 heavy (non-hydrogen) atoms. The van der Waals surface area contributed by atoms with E-state index in [2.05, 4.69) is 0 Å². The number of amides is 1. The lowest BCUT2D eigenvalue weighted by Gasteiger charge is -2.27. The van der Waals surface area contributed by atoms with Crippen molar-refractivity contribution >= 4 is 11.9 Å². The number of carbonyl (C=O) groups is 2. The van der Waals surface area contributed by atoms with Crippen LogP contribution >= 0.6 is 0 Å². The molecule has 0 aromatic rings. The Morgan fingerprint density at radius 1 is 1.27 bits per heavy atom. The fourth-order valence-corrected chi connectivity index (χ4v) is 1.57. The van der Waals surface area contributed by atoms with Crippen LogP contribution in [0.2, 0.25) is 0 Å². The van der Waals surface area contributed by atoms with Gasteiger partial charge in [-0.3, -0.25) is 4.79 Å². The Labute approximate surface area is 91.3 Å². The number of aliphatic carboxylic acids is 1. The van der Waals surface area contributed by atoms with Gasteiger partial charge in [0.05, 0.1) is 0 Å². The zero-order valence-electron chi connectivity index (χ0n) is 9.99. The normalized spacial score (nSPS) is 12.6. The highest BCUT2D eigenvalue weighted by Gasteiger charge is 2.26. The summed E-state index contributed by atoms with van der Waals surface area (Å²) in [4.78, 5) is 24.1. The van der Waals surface area contributed by atoms with Crippen molar-refractivity contribution in [3.63, 3.8) is 0 Å². The molecule has 0 aliphatic rings. The van der Waals surface area contributed by atoms with E-state index in [0.29, 0.717) is 19.4 Å². The van der Waals surface area contributed by atoms with Gasteiger partial charge < -0.3 is 10.0 Å². The first-order chi connectivity index (χ1) is 6.93. The third-order valence-corrected chi connectivity index (χ3v) is 2.29. The SMILES string of the molecule is CCC(C(=O)O)N(CC)C(=O)CC(C)C. The molecule has 0 aliphatic heterocycles. The number of nitrogens with zero attached hydrogens (tertiary/aromatic N) is 1. The van der Waals surface area contributed by atoms with E-state index in [1.165, 1.54) is 4.90 Å². The number of hydrogen-bond donors (Lipinski definition) is 1. The molecule has 0 rings (SSSR count). The first kappa shape index (κ1) is 13.9. The minimum Gasteiger partial charge on any atom is -0.480 e. The Morgan fingerprint density at radius 3 is 2.07 bits per heavy atom. The largest absolute Gasteiger partial charge is 0.480 e. The monoisotopic (exact) mass is 215 g/mol. The minimum atomic E-state index is -0.920. The number of likely N-dealkylation sites (N-methyl/N-ethyl adjacent to an activating group) is 1. The predicted molar refractivity (Wildman–Crippen MR) is 58.6 cm³/mol. The van der Waals surface area contributed by atoms with Crippen LogP contribution in [0.25, 0.3) is 0 Å². The molecule has 1 amide bonds. The minimum absolute atomic E-state index is 0.0678. The smallest absolute Gasteiger partial charge is 0.326 e. The summed E-state index contributed by atoms with van der Waals surface area (Å²) < 4.78 is 0. The molecule has 0 bridgehead atoms. The van der Waals surface area contributed by atoms with Gasteiger partial charge in [0.2, 0.25) is 5.91 Å². The lowest BCUT2D eigenvalue weighted by atomic mass is 10.1. The van der Waals surface area contributed by atoms with E-state index in [1.54, 1.807) is 6.92 Å². The van der Waals surface area contributed by atoms with Gasteiger partial charge in [0.15, 0.2) is 0 Å². The summed E-state index contributed by atoms with van der Waals surface area (Å²) in [5.74, 6) is -0.726. The summed E-state index contributed by atoms with van der Waals surface area (Å²) >= 11 is 0. The van der Waals surface area contributed by atoms with Crippen LogP contribution in [0.5, 0.6) is 0 Å².